The van der Waals surface area contributed by atoms with Crippen molar-refractivity contribution in [3.63, 3.8) is 0 Å². The zero-order valence-corrected chi connectivity index (χ0v) is 19.0. The first kappa shape index (κ1) is 21.8. The maximum Gasteiger partial charge on any atom is 0.256 e. The number of hydrogen-bond donors (Lipinski definition) is 1. The number of carbonyl (C=O) groups is 2. The van der Waals surface area contributed by atoms with Gasteiger partial charge in [-0.2, -0.15) is 0 Å². The molecule has 2 aromatic rings. The fourth-order valence-electron chi connectivity index (χ4n) is 4.26. The van der Waals surface area contributed by atoms with E-state index in [2.05, 4.69) is 17.1 Å². The van der Waals surface area contributed by atoms with Gasteiger partial charge in [-0.1, -0.05) is 25.1 Å². The molecule has 2 fully saturated rings. The number of benzene rings is 2. The van der Waals surface area contributed by atoms with Gasteiger partial charge in [0.15, 0.2) is 0 Å². The highest BCUT2D eigenvalue weighted by atomic mass is 32.2. The summed E-state index contributed by atoms with van der Waals surface area (Å²) in [5.41, 5.74) is 2.40. The van der Waals surface area contributed by atoms with Crippen LogP contribution in [-0.4, -0.2) is 48.6 Å². The maximum absolute atomic E-state index is 13.3. The van der Waals surface area contributed by atoms with Gasteiger partial charge in [0.1, 0.15) is 0 Å². The minimum atomic E-state index is -0.0621. The lowest BCUT2D eigenvalue weighted by atomic mass is 9.97. The molecule has 0 saturated carbocycles. The Bertz CT molecular complexity index is 904. The summed E-state index contributed by atoms with van der Waals surface area (Å²) < 4.78 is 0. The molecule has 2 saturated heterocycles. The summed E-state index contributed by atoms with van der Waals surface area (Å²) in [6.45, 7) is 5.88. The average Bonchev–Trinajstić information content (AvgIpc) is 3.34. The summed E-state index contributed by atoms with van der Waals surface area (Å²) in [4.78, 5) is 31.2. The van der Waals surface area contributed by atoms with Gasteiger partial charge in [0.25, 0.3) is 5.91 Å². The number of amides is 2. The molecule has 164 valence electrons. The van der Waals surface area contributed by atoms with Gasteiger partial charge in [-0.05, 0) is 61.9 Å². The first-order valence-electron chi connectivity index (χ1n) is 11.3. The lowest BCUT2D eigenvalue weighted by Crippen LogP contribution is -2.35. The van der Waals surface area contributed by atoms with Crippen molar-refractivity contribution in [3.05, 3.63) is 54.1 Å². The second-order valence-corrected chi connectivity index (χ2v) is 9.60. The third-order valence-corrected chi connectivity index (χ3v) is 7.15. The Morgan fingerprint density at radius 1 is 1.00 bits per heavy atom. The van der Waals surface area contributed by atoms with Gasteiger partial charge in [0.2, 0.25) is 5.91 Å². The normalized spacial score (nSPS) is 17.1. The Hall–Kier alpha value is -2.47. The highest BCUT2D eigenvalue weighted by Crippen LogP contribution is 2.30. The fraction of sp³-hybridized carbons (Fsp3) is 0.440. The number of hydrogen-bond acceptors (Lipinski definition) is 4. The summed E-state index contributed by atoms with van der Waals surface area (Å²) in [6, 6.07) is 15.7. The highest BCUT2D eigenvalue weighted by molar-refractivity contribution is 8.00. The standard InChI is InChI=1S/C25H31N3O2S/c1-19-11-15-27(16-12-19)23-10-9-20(17-22(23)25(30)28-13-5-6-14-28)26-24(29)18-31-21-7-3-2-4-8-21/h2-4,7-10,17,19H,5-6,11-16,18H2,1H3,(H,26,29). The Kier molecular flexibility index (Phi) is 7.17. The molecular formula is C25H31N3O2S. The average molecular weight is 438 g/mol. The molecule has 4 rings (SSSR count). The first-order valence-corrected chi connectivity index (χ1v) is 12.2. The van der Waals surface area contributed by atoms with Crippen molar-refractivity contribution in [2.45, 2.75) is 37.5 Å². The van der Waals surface area contributed by atoms with Crippen LogP contribution in [0, 0.1) is 5.92 Å². The molecule has 31 heavy (non-hydrogen) atoms. The lowest BCUT2D eigenvalue weighted by Gasteiger charge is -2.34. The molecule has 6 heteroatoms. The highest BCUT2D eigenvalue weighted by Gasteiger charge is 2.26. The molecule has 5 nitrogen and oxygen atoms in total. The largest absolute Gasteiger partial charge is 0.371 e. The Balaban J connectivity index is 1.49. The van der Waals surface area contributed by atoms with Crippen LogP contribution in [0.25, 0.3) is 0 Å². The number of carbonyl (C=O) groups excluding carboxylic acids is 2. The Morgan fingerprint density at radius 3 is 2.42 bits per heavy atom. The van der Waals surface area contributed by atoms with Crippen LogP contribution in [0.5, 0.6) is 0 Å². The van der Waals surface area contributed by atoms with Crippen LogP contribution < -0.4 is 10.2 Å². The van der Waals surface area contributed by atoms with Crippen LogP contribution in [0.2, 0.25) is 0 Å². The molecule has 2 heterocycles. The Labute approximate surface area is 189 Å². The predicted molar refractivity (Wildman–Crippen MR) is 128 cm³/mol. The first-order chi connectivity index (χ1) is 15.1. The van der Waals surface area contributed by atoms with Crippen LogP contribution >= 0.6 is 11.8 Å². The summed E-state index contributed by atoms with van der Waals surface area (Å²) >= 11 is 1.51. The van der Waals surface area contributed by atoms with Gasteiger partial charge < -0.3 is 15.1 Å². The number of anilines is 2. The molecule has 0 radical (unpaired) electrons. The molecule has 0 atom stereocenters. The van der Waals surface area contributed by atoms with E-state index in [0.29, 0.717) is 17.0 Å². The number of rotatable bonds is 6. The van der Waals surface area contributed by atoms with E-state index in [9.17, 15) is 9.59 Å². The molecule has 2 amide bonds. The monoisotopic (exact) mass is 437 g/mol. The molecule has 0 unspecified atom stereocenters. The number of nitrogens with one attached hydrogen (secondary N) is 1. The van der Waals surface area contributed by atoms with E-state index in [0.717, 1.165) is 68.4 Å². The quantitative estimate of drug-likeness (QED) is 0.654. The van der Waals surface area contributed by atoms with E-state index < -0.39 is 0 Å². The van der Waals surface area contributed by atoms with Crippen molar-refractivity contribution in [2.75, 3.05) is 42.1 Å². The molecular weight excluding hydrogens is 406 g/mol. The van der Waals surface area contributed by atoms with Gasteiger partial charge in [-0.3, -0.25) is 9.59 Å². The summed E-state index contributed by atoms with van der Waals surface area (Å²) in [7, 11) is 0. The number of piperidine rings is 1. The van der Waals surface area contributed by atoms with Crippen molar-refractivity contribution >= 4 is 35.0 Å². The van der Waals surface area contributed by atoms with Gasteiger partial charge in [0, 0.05) is 42.4 Å². The minimum Gasteiger partial charge on any atom is -0.371 e. The van der Waals surface area contributed by atoms with Crippen LogP contribution in [-0.2, 0) is 4.79 Å². The van der Waals surface area contributed by atoms with E-state index in [-0.39, 0.29) is 11.8 Å². The van der Waals surface area contributed by atoms with Crippen LogP contribution in [0.15, 0.2) is 53.4 Å². The number of thioether (sulfide) groups is 1. The molecule has 0 aliphatic carbocycles. The van der Waals surface area contributed by atoms with Crippen LogP contribution in [0.3, 0.4) is 0 Å². The van der Waals surface area contributed by atoms with E-state index in [1.165, 1.54) is 11.8 Å². The summed E-state index contributed by atoms with van der Waals surface area (Å²) in [6.07, 6.45) is 4.42. The van der Waals surface area contributed by atoms with Crippen LogP contribution in [0.4, 0.5) is 11.4 Å². The van der Waals surface area contributed by atoms with Crippen molar-refractivity contribution < 1.29 is 9.59 Å². The molecule has 0 aromatic heterocycles. The van der Waals surface area contributed by atoms with Crippen molar-refractivity contribution in [1.82, 2.24) is 4.90 Å². The third kappa shape index (κ3) is 5.62. The van der Waals surface area contributed by atoms with Gasteiger partial charge in [-0.25, -0.2) is 0 Å². The summed E-state index contributed by atoms with van der Waals surface area (Å²) in [5, 5.41) is 2.99. The number of nitrogens with zero attached hydrogens (tertiary/aromatic N) is 2. The second-order valence-electron chi connectivity index (χ2n) is 8.55. The van der Waals surface area contributed by atoms with E-state index in [1.54, 1.807) is 0 Å². The SMILES string of the molecule is CC1CCN(c2ccc(NC(=O)CSc3ccccc3)cc2C(=O)N2CCCC2)CC1. The lowest BCUT2D eigenvalue weighted by molar-refractivity contribution is -0.113. The van der Waals surface area contributed by atoms with Crippen molar-refractivity contribution in [1.29, 1.82) is 0 Å². The third-order valence-electron chi connectivity index (χ3n) is 6.14. The molecule has 0 bridgehead atoms. The molecule has 2 aliphatic heterocycles. The number of likely N-dealkylation sites (tertiary alicyclic amines) is 1. The van der Waals surface area contributed by atoms with Crippen molar-refractivity contribution in [2.24, 2.45) is 5.92 Å². The van der Waals surface area contributed by atoms with Gasteiger partial charge in [0.05, 0.1) is 11.3 Å². The van der Waals surface area contributed by atoms with Gasteiger partial charge >= 0.3 is 0 Å². The molecule has 2 aromatic carbocycles. The Morgan fingerprint density at radius 2 is 1.71 bits per heavy atom. The zero-order valence-electron chi connectivity index (χ0n) is 18.2. The van der Waals surface area contributed by atoms with E-state index in [1.807, 2.05) is 53.4 Å². The molecule has 1 N–H and O–H groups in total. The second kappa shape index (κ2) is 10.2. The zero-order chi connectivity index (χ0) is 21.6. The molecule has 2 aliphatic rings. The predicted octanol–water partition coefficient (Wildman–Crippen LogP) is 4.89. The smallest absolute Gasteiger partial charge is 0.256 e. The fourth-order valence-corrected chi connectivity index (χ4v) is 4.98. The van der Waals surface area contributed by atoms with Crippen molar-refractivity contribution in [3.8, 4) is 0 Å². The summed E-state index contributed by atoms with van der Waals surface area (Å²) in [5.74, 6) is 1.09. The minimum absolute atomic E-state index is 0.0621. The molecule has 0 spiro atoms. The van der Waals surface area contributed by atoms with E-state index in [4.69, 9.17) is 0 Å². The topological polar surface area (TPSA) is 52.7 Å². The van der Waals surface area contributed by atoms with Crippen LogP contribution in [0.1, 0.15) is 43.0 Å². The van der Waals surface area contributed by atoms with E-state index >= 15 is 0 Å². The maximum atomic E-state index is 13.3. The van der Waals surface area contributed by atoms with Gasteiger partial charge in [-0.15, -0.1) is 11.8 Å².